The summed E-state index contributed by atoms with van der Waals surface area (Å²) in [6.07, 6.45) is 0. The molecule has 36 heavy (non-hydrogen) atoms. The third-order valence-corrected chi connectivity index (χ3v) is 7.02. The Morgan fingerprint density at radius 2 is 0.472 bits per heavy atom. The van der Waals surface area contributed by atoms with Crippen molar-refractivity contribution in [3.8, 4) is 0 Å². The van der Waals surface area contributed by atoms with Crippen LogP contribution in [0.25, 0.3) is 0 Å². The van der Waals surface area contributed by atoms with Crippen LogP contribution in [-0.4, -0.2) is 0 Å². The van der Waals surface area contributed by atoms with Crippen molar-refractivity contribution in [1.29, 1.82) is 0 Å². The number of hydrogen-bond acceptors (Lipinski definition) is 2. The van der Waals surface area contributed by atoms with Gasteiger partial charge in [-0.1, -0.05) is 107 Å². The highest BCUT2D eigenvalue weighted by atomic mass is 35.5. The molecule has 0 unspecified atom stereocenters. The van der Waals surface area contributed by atoms with Crippen molar-refractivity contribution < 1.29 is 0 Å². The first-order valence-electron chi connectivity index (χ1n) is 11.2. The normalized spacial score (nSPS) is 10.8. The fourth-order valence-electron chi connectivity index (χ4n) is 4.15. The lowest BCUT2D eigenvalue weighted by Crippen LogP contribution is -2.17. The van der Waals surface area contributed by atoms with Crippen molar-refractivity contribution in [1.82, 2.24) is 0 Å². The van der Waals surface area contributed by atoms with Crippen LogP contribution in [0.4, 0.5) is 34.1 Å². The summed E-state index contributed by atoms with van der Waals surface area (Å²) >= 11 is 27.0. The van der Waals surface area contributed by atoms with Gasteiger partial charge in [0.2, 0.25) is 0 Å². The molecule has 0 saturated heterocycles. The standard InChI is InChI=1S/C30H20Cl4N2/c31-21-11-1-5-15-25(21)35(26-16-6-2-12-22(26)32)29-19-9-10-20-30(29)36(27-17-7-3-13-23(27)33)28-18-8-4-14-24(28)34/h1-20H. The molecular weight excluding hydrogens is 530 g/mol. The van der Waals surface area contributed by atoms with E-state index in [0.717, 1.165) is 34.1 Å². The Morgan fingerprint density at radius 3 is 0.694 bits per heavy atom. The second kappa shape index (κ2) is 10.9. The zero-order valence-corrected chi connectivity index (χ0v) is 22.0. The van der Waals surface area contributed by atoms with E-state index in [4.69, 9.17) is 46.4 Å². The topological polar surface area (TPSA) is 6.48 Å². The molecule has 0 heterocycles. The summed E-state index contributed by atoms with van der Waals surface area (Å²) in [5.74, 6) is 0. The van der Waals surface area contributed by atoms with E-state index in [9.17, 15) is 0 Å². The number of nitrogens with zero attached hydrogens (tertiary/aromatic N) is 2. The first-order valence-corrected chi connectivity index (χ1v) is 12.7. The van der Waals surface area contributed by atoms with Crippen molar-refractivity contribution in [2.75, 3.05) is 9.80 Å². The minimum atomic E-state index is 0.592. The second-order valence-corrected chi connectivity index (χ2v) is 9.59. The van der Waals surface area contributed by atoms with Gasteiger partial charge < -0.3 is 9.80 Å². The van der Waals surface area contributed by atoms with Crippen molar-refractivity contribution in [3.63, 3.8) is 0 Å². The molecule has 0 aromatic heterocycles. The molecule has 0 bridgehead atoms. The Hall–Kier alpha value is -3.14. The van der Waals surface area contributed by atoms with Gasteiger partial charge in [-0.3, -0.25) is 0 Å². The number of anilines is 6. The van der Waals surface area contributed by atoms with E-state index >= 15 is 0 Å². The first kappa shape index (κ1) is 24.5. The van der Waals surface area contributed by atoms with Crippen molar-refractivity contribution in [2.45, 2.75) is 0 Å². The van der Waals surface area contributed by atoms with E-state index in [1.165, 1.54) is 0 Å². The highest BCUT2D eigenvalue weighted by Gasteiger charge is 2.25. The van der Waals surface area contributed by atoms with Crippen LogP contribution in [0, 0.1) is 0 Å². The summed E-state index contributed by atoms with van der Waals surface area (Å²) in [5.41, 5.74) is 4.85. The molecule has 0 amide bonds. The Kier molecular flexibility index (Phi) is 7.41. The maximum Gasteiger partial charge on any atom is 0.0703 e. The van der Waals surface area contributed by atoms with Gasteiger partial charge in [-0.2, -0.15) is 0 Å². The SMILES string of the molecule is Clc1ccccc1N(c1ccccc1Cl)c1ccccc1N(c1ccccc1Cl)c1ccccc1Cl. The van der Waals surface area contributed by atoms with E-state index in [2.05, 4.69) is 9.80 Å². The summed E-state index contributed by atoms with van der Waals surface area (Å²) < 4.78 is 0. The van der Waals surface area contributed by atoms with Gasteiger partial charge in [0.1, 0.15) is 0 Å². The lowest BCUT2D eigenvalue weighted by Gasteiger charge is -2.34. The molecule has 0 N–H and O–H groups in total. The molecule has 0 aliphatic carbocycles. The lowest BCUT2D eigenvalue weighted by molar-refractivity contribution is 1.23. The van der Waals surface area contributed by atoms with Gasteiger partial charge in [0.15, 0.2) is 0 Å². The molecule has 0 radical (unpaired) electrons. The van der Waals surface area contributed by atoms with E-state index in [1.54, 1.807) is 0 Å². The third kappa shape index (κ3) is 4.78. The molecule has 5 aromatic rings. The van der Waals surface area contributed by atoms with Crippen LogP contribution in [0.15, 0.2) is 121 Å². The number of benzene rings is 5. The van der Waals surface area contributed by atoms with Crippen LogP contribution < -0.4 is 9.80 Å². The molecular formula is C30H20Cl4N2. The highest BCUT2D eigenvalue weighted by Crippen LogP contribution is 2.50. The van der Waals surface area contributed by atoms with Gasteiger partial charge >= 0.3 is 0 Å². The van der Waals surface area contributed by atoms with Gasteiger partial charge in [0.25, 0.3) is 0 Å². The summed E-state index contributed by atoms with van der Waals surface area (Å²) in [6, 6.07) is 38.8. The fraction of sp³-hybridized carbons (Fsp3) is 0. The van der Waals surface area contributed by atoms with Crippen LogP contribution in [-0.2, 0) is 0 Å². The maximum atomic E-state index is 6.75. The van der Waals surface area contributed by atoms with Crippen molar-refractivity contribution in [3.05, 3.63) is 141 Å². The Morgan fingerprint density at radius 1 is 0.278 bits per heavy atom. The number of rotatable bonds is 6. The Balaban J connectivity index is 1.83. The average molecular weight is 550 g/mol. The van der Waals surface area contributed by atoms with Crippen LogP contribution >= 0.6 is 46.4 Å². The van der Waals surface area contributed by atoms with Gasteiger partial charge in [-0.15, -0.1) is 0 Å². The predicted octanol–water partition coefficient (Wildman–Crippen LogP) is 11.2. The monoisotopic (exact) mass is 548 g/mol. The summed E-state index contributed by atoms with van der Waals surface area (Å²) in [6.45, 7) is 0. The second-order valence-electron chi connectivity index (χ2n) is 7.97. The molecule has 0 fully saturated rings. The summed E-state index contributed by atoms with van der Waals surface area (Å²) in [4.78, 5) is 4.11. The molecule has 5 aromatic carbocycles. The average Bonchev–Trinajstić information content (AvgIpc) is 2.89. The van der Waals surface area contributed by atoms with E-state index in [1.807, 2.05) is 121 Å². The van der Waals surface area contributed by atoms with Crippen LogP contribution in [0.1, 0.15) is 0 Å². The van der Waals surface area contributed by atoms with E-state index in [0.29, 0.717) is 20.1 Å². The van der Waals surface area contributed by atoms with Gasteiger partial charge in [-0.05, 0) is 60.7 Å². The molecule has 0 aliphatic rings. The lowest BCUT2D eigenvalue weighted by atomic mass is 10.1. The number of hydrogen-bond donors (Lipinski definition) is 0. The van der Waals surface area contributed by atoms with Crippen molar-refractivity contribution in [2.24, 2.45) is 0 Å². The molecule has 178 valence electrons. The van der Waals surface area contributed by atoms with E-state index < -0.39 is 0 Å². The fourth-order valence-corrected chi connectivity index (χ4v) is 5.03. The minimum absolute atomic E-state index is 0.592. The maximum absolute atomic E-state index is 6.75. The number of para-hydroxylation sites is 6. The molecule has 2 nitrogen and oxygen atoms in total. The van der Waals surface area contributed by atoms with Crippen LogP contribution in [0.3, 0.4) is 0 Å². The molecule has 0 aliphatic heterocycles. The largest absolute Gasteiger partial charge is 0.305 e. The zero-order valence-electron chi connectivity index (χ0n) is 19.0. The van der Waals surface area contributed by atoms with Crippen molar-refractivity contribution >= 4 is 80.5 Å². The molecule has 0 atom stereocenters. The number of halogens is 4. The highest BCUT2D eigenvalue weighted by molar-refractivity contribution is 6.36. The molecule has 0 saturated carbocycles. The van der Waals surface area contributed by atoms with Gasteiger partial charge in [0, 0.05) is 0 Å². The van der Waals surface area contributed by atoms with Crippen LogP contribution in [0.2, 0.25) is 20.1 Å². The minimum Gasteiger partial charge on any atom is -0.305 e. The quantitative estimate of drug-likeness (QED) is 0.208. The van der Waals surface area contributed by atoms with E-state index in [-0.39, 0.29) is 0 Å². The molecule has 5 rings (SSSR count). The zero-order chi connectivity index (χ0) is 25.1. The Bertz CT molecular complexity index is 1310. The molecule has 6 heteroatoms. The predicted molar refractivity (Wildman–Crippen MR) is 156 cm³/mol. The summed E-state index contributed by atoms with van der Waals surface area (Å²) in [5, 5.41) is 2.37. The van der Waals surface area contributed by atoms with Gasteiger partial charge in [-0.25, -0.2) is 0 Å². The smallest absolute Gasteiger partial charge is 0.0703 e. The first-order chi connectivity index (χ1) is 17.6. The van der Waals surface area contributed by atoms with Crippen LogP contribution in [0.5, 0.6) is 0 Å². The Labute approximate surface area is 230 Å². The van der Waals surface area contributed by atoms with Gasteiger partial charge in [0.05, 0.1) is 54.2 Å². The molecule has 0 spiro atoms. The third-order valence-electron chi connectivity index (χ3n) is 5.74. The summed E-state index contributed by atoms with van der Waals surface area (Å²) in [7, 11) is 0.